The van der Waals surface area contributed by atoms with Gasteiger partial charge in [0.05, 0.1) is 30.7 Å². The van der Waals surface area contributed by atoms with Gasteiger partial charge in [-0.05, 0) is 41.8 Å². The van der Waals surface area contributed by atoms with Crippen LogP contribution in [-0.4, -0.2) is 24.5 Å². The SMILES string of the molecule is CCCCOc1ccc(C2c3c(oc4ccccc4c3=O)C(=O)N2Cc2ccccc2)cc1OC. The number of methoxy groups -OCH3 is 1. The molecular weight excluding hydrogens is 442 g/mol. The van der Waals surface area contributed by atoms with Gasteiger partial charge in [-0.3, -0.25) is 9.59 Å². The highest BCUT2D eigenvalue weighted by Crippen LogP contribution is 2.41. The van der Waals surface area contributed by atoms with Crippen molar-refractivity contribution < 1.29 is 18.7 Å². The first-order valence-corrected chi connectivity index (χ1v) is 11.8. The van der Waals surface area contributed by atoms with Crippen LogP contribution in [0.25, 0.3) is 11.0 Å². The first-order chi connectivity index (χ1) is 17.1. The van der Waals surface area contributed by atoms with Crippen molar-refractivity contribution >= 4 is 16.9 Å². The summed E-state index contributed by atoms with van der Waals surface area (Å²) in [6, 6.07) is 21.7. The zero-order chi connectivity index (χ0) is 24.4. The molecule has 1 aliphatic heterocycles. The van der Waals surface area contributed by atoms with Gasteiger partial charge in [0.1, 0.15) is 5.58 Å². The average Bonchev–Trinajstić information content (AvgIpc) is 3.16. The molecule has 1 atom stereocenters. The van der Waals surface area contributed by atoms with E-state index in [1.165, 1.54) is 0 Å². The predicted octanol–water partition coefficient (Wildman–Crippen LogP) is 5.73. The maximum atomic E-state index is 13.6. The summed E-state index contributed by atoms with van der Waals surface area (Å²) >= 11 is 0. The third kappa shape index (κ3) is 4.16. The van der Waals surface area contributed by atoms with Gasteiger partial charge in [-0.25, -0.2) is 0 Å². The van der Waals surface area contributed by atoms with Crippen molar-refractivity contribution in [2.75, 3.05) is 13.7 Å². The highest BCUT2D eigenvalue weighted by Gasteiger charge is 2.43. The molecule has 1 amide bonds. The molecular formula is C29H27NO5. The molecule has 6 nitrogen and oxygen atoms in total. The van der Waals surface area contributed by atoms with E-state index in [1.54, 1.807) is 36.3 Å². The Labute approximate surface area is 203 Å². The van der Waals surface area contributed by atoms with Crippen molar-refractivity contribution in [3.8, 4) is 11.5 Å². The van der Waals surface area contributed by atoms with E-state index in [-0.39, 0.29) is 17.1 Å². The van der Waals surface area contributed by atoms with Crippen molar-refractivity contribution in [2.45, 2.75) is 32.4 Å². The smallest absolute Gasteiger partial charge is 0.291 e. The highest BCUT2D eigenvalue weighted by atomic mass is 16.5. The molecule has 0 saturated carbocycles. The molecule has 1 aliphatic rings. The van der Waals surface area contributed by atoms with E-state index in [2.05, 4.69) is 6.92 Å². The number of rotatable bonds is 8. The second-order valence-corrected chi connectivity index (χ2v) is 8.60. The number of unbranched alkanes of at least 4 members (excludes halogenated alkanes) is 1. The van der Waals surface area contributed by atoms with Gasteiger partial charge in [0.15, 0.2) is 16.9 Å². The van der Waals surface area contributed by atoms with Crippen LogP contribution in [-0.2, 0) is 6.54 Å². The highest BCUT2D eigenvalue weighted by molar-refractivity contribution is 5.99. The minimum absolute atomic E-state index is 0.0943. The first kappa shape index (κ1) is 22.7. The number of carbonyl (C=O) groups is 1. The molecule has 5 rings (SSSR count). The summed E-state index contributed by atoms with van der Waals surface area (Å²) < 4.78 is 17.5. The van der Waals surface area contributed by atoms with Gasteiger partial charge in [0.2, 0.25) is 5.76 Å². The topological polar surface area (TPSA) is 69.0 Å². The molecule has 1 unspecified atom stereocenters. The maximum absolute atomic E-state index is 13.6. The molecule has 0 spiro atoms. The summed E-state index contributed by atoms with van der Waals surface area (Å²) in [5.74, 6) is 0.981. The molecule has 0 saturated heterocycles. The second kappa shape index (κ2) is 9.66. The van der Waals surface area contributed by atoms with E-state index in [4.69, 9.17) is 13.9 Å². The van der Waals surface area contributed by atoms with Crippen LogP contribution >= 0.6 is 0 Å². The molecule has 2 heterocycles. The number of amides is 1. The third-order valence-corrected chi connectivity index (χ3v) is 6.33. The molecule has 178 valence electrons. The number of ether oxygens (including phenoxy) is 2. The number of carbonyl (C=O) groups excluding carboxylic acids is 1. The minimum Gasteiger partial charge on any atom is -0.493 e. The van der Waals surface area contributed by atoms with Gasteiger partial charge >= 0.3 is 0 Å². The summed E-state index contributed by atoms with van der Waals surface area (Å²) in [4.78, 5) is 29.0. The maximum Gasteiger partial charge on any atom is 0.291 e. The third-order valence-electron chi connectivity index (χ3n) is 6.33. The van der Waals surface area contributed by atoms with E-state index >= 15 is 0 Å². The lowest BCUT2D eigenvalue weighted by molar-refractivity contribution is 0.0714. The molecule has 35 heavy (non-hydrogen) atoms. The summed E-state index contributed by atoms with van der Waals surface area (Å²) in [6.07, 6.45) is 1.97. The summed E-state index contributed by atoms with van der Waals surface area (Å²) in [5, 5.41) is 0.456. The quantitative estimate of drug-likeness (QED) is 0.309. The molecule has 0 fully saturated rings. The second-order valence-electron chi connectivity index (χ2n) is 8.60. The van der Waals surface area contributed by atoms with Crippen LogP contribution in [0.4, 0.5) is 0 Å². The van der Waals surface area contributed by atoms with Gasteiger partial charge in [-0.1, -0.05) is 61.9 Å². The Morgan fingerprint density at radius 2 is 1.71 bits per heavy atom. The van der Waals surface area contributed by atoms with Gasteiger partial charge in [0, 0.05) is 6.54 Å². The first-order valence-electron chi connectivity index (χ1n) is 11.8. The van der Waals surface area contributed by atoms with Gasteiger partial charge in [-0.15, -0.1) is 0 Å². The number of fused-ring (bicyclic) bond motifs is 2. The van der Waals surface area contributed by atoms with Crippen LogP contribution < -0.4 is 14.9 Å². The van der Waals surface area contributed by atoms with E-state index in [1.807, 2.05) is 48.5 Å². The van der Waals surface area contributed by atoms with Crippen molar-refractivity contribution in [3.63, 3.8) is 0 Å². The predicted molar refractivity (Wildman–Crippen MR) is 134 cm³/mol. The van der Waals surface area contributed by atoms with Crippen LogP contribution in [0.2, 0.25) is 0 Å². The Morgan fingerprint density at radius 1 is 0.943 bits per heavy atom. The summed E-state index contributed by atoms with van der Waals surface area (Å²) in [5.41, 5.74) is 2.28. The lowest BCUT2D eigenvalue weighted by atomic mass is 9.97. The fourth-order valence-electron chi connectivity index (χ4n) is 4.56. The Kier molecular flexibility index (Phi) is 6.27. The van der Waals surface area contributed by atoms with Gasteiger partial charge in [-0.2, -0.15) is 0 Å². The van der Waals surface area contributed by atoms with Crippen LogP contribution in [0.1, 0.15) is 53.1 Å². The lowest BCUT2D eigenvalue weighted by Crippen LogP contribution is -2.29. The van der Waals surface area contributed by atoms with E-state index in [0.29, 0.717) is 41.2 Å². The van der Waals surface area contributed by atoms with Crippen LogP contribution in [0.5, 0.6) is 11.5 Å². The van der Waals surface area contributed by atoms with Crippen LogP contribution in [0.3, 0.4) is 0 Å². The number of hydrogen-bond acceptors (Lipinski definition) is 5. The van der Waals surface area contributed by atoms with E-state index < -0.39 is 6.04 Å². The number of nitrogens with zero attached hydrogens (tertiary/aromatic N) is 1. The molecule has 0 aliphatic carbocycles. The van der Waals surface area contributed by atoms with Crippen molar-refractivity contribution in [2.24, 2.45) is 0 Å². The summed E-state index contributed by atoms with van der Waals surface area (Å²) in [6.45, 7) is 3.03. The molecule has 0 radical (unpaired) electrons. The number of benzene rings is 3. The van der Waals surface area contributed by atoms with Crippen LogP contribution in [0.15, 0.2) is 82.0 Å². The number of hydrogen-bond donors (Lipinski definition) is 0. The Bertz CT molecular complexity index is 1430. The zero-order valence-electron chi connectivity index (χ0n) is 19.8. The van der Waals surface area contributed by atoms with Crippen LogP contribution in [0, 0.1) is 0 Å². The monoisotopic (exact) mass is 469 g/mol. The lowest BCUT2D eigenvalue weighted by Gasteiger charge is -2.26. The molecule has 1 aromatic heterocycles. The minimum atomic E-state index is -0.614. The van der Waals surface area contributed by atoms with Crippen molar-refractivity contribution in [1.29, 1.82) is 0 Å². The summed E-state index contributed by atoms with van der Waals surface area (Å²) in [7, 11) is 1.59. The molecule has 4 aromatic rings. The largest absolute Gasteiger partial charge is 0.493 e. The Hall–Kier alpha value is -4.06. The molecule has 0 bridgehead atoms. The fourth-order valence-corrected chi connectivity index (χ4v) is 4.56. The molecule has 3 aromatic carbocycles. The standard InChI is InChI=1S/C29H27NO5/c1-3-4-16-34-23-15-14-20(17-24(23)33-2)26-25-27(31)21-12-8-9-13-22(21)35-28(25)29(32)30(26)18-19-10-6-5-7-11-19/h5-15,17,26H,3-4,16,18H2,1-2H3. The normalized spacial score (nSPS) is 14.9. The Balaban J connectivity index is 1.65. The fraction of sp³-hybridized carbons (Fsp3) is 0.241. The van der Waals surface area contributed by atoms with Gasteiger partial charge < -0.3 is 18.8 Å². The van der Waals surface area contributed by atoms with E-state index in [0.717, 1.165) is 24.0 Å². The van der Waals surface area contributed by atoms with E-state index in [9.17, 15) is 9.59 Å². The zero-order valence-corrected chi connectivity index (χ0v) is 19.8. The Morgan fingerprint density at radius 3 is 2.49 bits per heavy atom. The van der Waals surface area contributed by atoms with Crippen molar-refractivity contribution in [3.05, 3.63) is 105 Å². The molecule has 6 heteroatoms. The van der Waals surface area contributed by atoms with Crippen molar-refractivity contribution in [1.82, 2.24) is 4.90 Å². The van der Waals surface area contributed by atoms with Gasteiger partial charge in [0.25, 0.3) is 5.91 Å². The molecule has 0 N–H and O–H groups in total. The average molecular weight is 470 g/mol. The number of para-hydroxylation sites is 1.